The van der Waals surface area contributed by atoms with Crippen molar-refractivity contribution in [1.29, 1.82) is 0 Å². The lowest BCUT2D eigenvalue weighted by Gasteiger charge is -2.05. The maximum absolute atomic E-state index is 5.89. The SMILES string of the molecule is Clc1nsnc1Nc1ccc(-c2ccccc2)cc1. The summed E-state index contributed by atoms with van der Waals surface area (Å²) in [5.41, 5.74) is 3.31. The molecule has 0 saturated carbocycles. The average molecular weight is 288 g/mol. The van der Waals surface area contributed by atoms with Crippen LogP contribution in [0.25, 0.3) is 11.1 Å². The van der Waals surface area contributed by atoms with Gasteiger partial charge in [-0.1, -0.05) is 54.1 Å². The average Bonchev–Trinajstić information content (AvgIpc) is 2.86. The fourth-order valence-electron chi connectivity index (χ4n) is 1.77. The molecule has 1 heterocycles. The normalized spacial score (nSPS) is 10.4. The first-order chi connectivity index (χ1) is 9.33. The largest absolute Gasteiger partial charge is 0.337 e. The summed E-state index contributed by atoms with van der Waals surface area (Å²) in [4.78, 5) is 0. The number of rotatable bonds is 3. The van der Waals surface area contributed by atoms with Crippen molar-refractivity contribution in [2.45, 2.75) is 0 Å². The van der Waals surface area contributed by atoms with Gasteiger partial charge < -0.3 is 5.32 Å². The van der Waals surface area contributed by atoms with E-state index in [1.54, 1.807) is 0 Å². The van der Waals surface area contributed by atoms with E-state index in [1.165, 1.54) is 11.1 Å². The van der Waals surface area contributed by atoms with E-state index >= 15 is 0 Å². The van der Waals surface area contributed by atoms with E-state index in [0.717, 1.165) is 17.4 Å². The summed E-state index contributed by atoms with van der Waals surface area (Å²) < 4.78 is 7.99. The highest BCUT2D eigenvalue weighted by Gasteiger charge is 2.05. The van der Waals surface area contributed by atoms with Gasteiger partial charge in [-0.3, -0.25) is 0 Å². The molecule has 0 aliphatic heterocycles. The Morgan fingerprint density at radius 3 is 2.16 bits per heavy atom. The van der Waals surface area contributed by atoms with Gasteiger partial charge in [-0.05, 0) is 23.3 Å². The van der Waals surface area contributed by atoms with Crippen LogP contribution < -0.4 is 5.32 Å². The number of benzene rings is 2. The Morgan fingerprint density at radius 1 is 0.842 bits per heavy atom. The topological polar surface area (TPSA) is 37.8 Å². The van der Waals surface area contributed by atoms with Gasteiger partial charge in [-0.15, -0.1) is 0 Å². The first-order valence-electron chi connectivity index (χ1n) is 5.73. The summed E-state index contributed by atoms with van der Waals surface area (Å²) in [6.07, 6.45) is 0. The maximum Gasteiger partial charge on any atom is 0.187 e. The van der Waals surface area contributed by atoms with Gasteiger partial charge in [-0.2, -0.15) is 8.75 Å². The zero-order chi connectivity index (χ0) is 13.1. The third-order valence-electron chi connectivity index (χ3n) is 2.70. The van der Waals surface area contributed by atoms with Crippen molar-refractivity contribution in [3.8, 4) is 11.1 Å². The Morgan fingerprint density at radius 2 is 1.53 bits per heavy atom. The van der Waals surface area contributed by atoms with Crippen molar-refractivity contribution in [2.75, 3.05) is 5.32 Å². The highest BCUT2D eigenvalue weighted by atomic mass is 35.5. The lowest BCUT2D eigenvalue weighted by Crippen LogP contribution is -1.90. The number of anilines is 2. The lowest BCUT2D eigenvalue weighted by atomic mass is 10.1. The molecule has 19 heavy (non-hydrogen) atoms. The van der Waals surface area contributed by atoms with Crippen molar-refractivity contribution in [2.24, 2.45) is 0 Å². The molecule has 94 valence electrons. The third-order valence-corrected chi connectivity index (χ3v) is 3.60. The van der Waals surface area contributed by atoms with Crippen molar-refractivity contribution in [3.05, 3.63) is 59.8 Å². The summed E-state index contributed by atoms with van der Waals surface area (Å²) in [6.45, 7) is 0. The minimum Gasteiger partial charge on any atom is -0.337 e. The number of nitrogens with zero attached hydrogens (tertiary/aromatic N) is 2. The molecule has 0 aliphatic carbocycles. The predicted octanol–water partition coefficient (Wildman–Crippen LogP) is 4.60. The van der Waals surface area contributed by atoms with E-state index in [-0.39, 0.29) is 0 Å². The fraction of sp³-hybridized carbons (Fsp3) is 0. The molecule has 0 saturated heterocycles. The number of nitrogens with one attached hydrogen (secondary N) is 1. The number of hydrogen-bond donors (Lipinski definition) is 1. The molecule has 1 N–H and O–H groups in total. The predicted molar refractivity (Wildman–Crippen MR) is 80.1 cm³/mol. The molecule has 3 rings (SSSR count). The number of halogens is 1. The van der Waals surface area contributed by atoms with Gasteiger partial charge in [0.2, 0.25) is 0 Å². The minimum atomic E-state index is 0.400. The van der Waals surface area contributed by atoms with E-state index in [9.17, 15) is 0 Å². The Hall–Kier alpha value is -1.91. The van der Waals surface area contributed by atoms with Crippen LogP contribution in [0.3, 0.4) is 0 Å². The van der Waals surface area contributed by atoms with Crippen LogP contribution in [0.5, 0.6) is 0 Å². The van der Waals surface area contributed by atoms with Crippen LogP contribution in [0, 0.1) is 0 Å². The van der Waals surface area contributed by atoms with Crippen molar-refractivity contribution < 1.29 is 0 Å². The van der Waals surface area contributed by atoms with Crippen LogP contribution in [-0.4, -0.2) is 8.75 Å². The lowest BCUT2D eigenvalue weighted by molar-refractivity contribution is 1.45. The Bertz CT molecular complexity index is 665. The molecule has 2 aromatic carbocycles. The van der Waals surface area contributed by atoms with E-state index in [4.69, 9.17) is 11.6 Å². The molecule has 3 nitrogen and oxygen atoms in total. The highest BCUT2D eigenvalue weighted by Crippen LogP contribution is 2.25. The molecule has 1 aromatic heterocycles. The van der Waals surface area contributed by atoms with Crippen LogP contribution in [0.2, 0.25) is 5.15 Å². The molecular weight excluding hydrogens is 278 g/mol. The molecule has 0 radical (unpaired) electrons. The van der Waals surface area contributed by atoms with E-state index in [2.05, 4.69) is 38.3 Å². The van der Waals surface area contributed by atoms with E-state index < -0.39 is 0 Å². The molecule has 0 fully saturated rings. The van der Waals surface area contributed by atoms with Crippen molar-refractivity contribution in [3.63, 3.8) is 0 Å². The van der Waals surface area contributed by atoms with Gasteiger partial charge in [0.05, 0.1) is 11.7 Å². The van der Waals surface area contributed by atoms with E-state index in [1.807, 2.05) is 30.3 Å². The van der Waals surface area contributed by atoms with Crippen LogP contribution in [-0.2, 0) is 0 Å². The molecule has 0 atom stereocenters. The minimum absolute atomic E-state index is 0.400. The zero-order valence-electron chi connectivity index (χ0n) is 9.88. The molecule has 0 bridgehead atoms. The van der Waals surface area contributed by atoms with Gasteiger partial charge >= 0.3 is 0 Å². The van der Waals surface area contributed by atoms with Gasteiger partial charge in [-0.25, -0.2) is 0 Å². The van der Waals surface area contributed by atoms with Crippen LogP contribution in [0.4, 0.5) is 11.5 Å². The first-order valence-corrected chi connectivity index (χ1v) is 6.84. The third kappa shape index (κ3) is 2.75. The second kappa shape index (κ2) is 5.38. The summed E-state index contributed by atoms with van der Waals surface area (Å²) in [5.74, 6) is 0.596. The number of hydrogen-bond acceptors (Lipinski definition) is 4. The van der Waals surface area contributed by atoms with Crippen LogP contribution in [0.15, 0.2) is 54.6 Å². The second-order valence-corrected chi connectivity index (χ2v) is 4.86. The van der Waals surface area contributed by atoms with Gasteiger partial charge in [0.25, 0.3) is 0 Å². The van der Waals surface area contributed by atoms with Gasteiger partial charge in [0.1, 0.15) is 0 Å². The summed E-state index contributed by atoms with van der Waals surface area (Å²) in [7, 11) is 0. The zero-order valence-corrected chi connectivity index (χ0v) is 11.4. The molecule has 0 aliphatic rings. The fourth-order valence-corrected chi connectivity index (χ4v) is 2.41. The molecular formula is C14H10ClN3S. The first kappa shape index (κ1) is 12.1. The van der Waals surface area contributed by atoms with Crippen molar-refractivity contribution in [1.82, 2.24) is 8.75 Å². The molecule has 0 spiro atoms. The maximum atomic E-state index is 5.89. The quantitative estimate of drug-likeness (QED) is 0.765. The molecule has 5 heteroatoms. The monoisotopic (exact) mass is 287 g/mol. The second-order valence-electron chi connectivity index (χ2n) is 3.97. The summed E-state index contributed by atoms with van der Waals surface area (Å²) in [5, 5.41) is 3.54. The smallest absolute Gasteiger partial charge is 0.187 e. The van der Waals surface area contributed by atoms with Crippen molar-refractivity contribution >= 4 is 34.8 Å². The van der Waals surface area contributed by atoms with Gasteiger partial charge in [0, 0.05) is 5.69 Å². The molecule has 0 amide bonds. The molecule has 0 unspecified atom stereocenters. The van der Waals surface area contributed by atoms with Gasteiger partial charge in [0.15, 0.2) is 11.0 Å². The van der Waals surface area contributed by atoms with Crippen LogP contribution in [0.1, 0.15) is 0 Å². The Kier molecular flexibility index (Phi) is 3.44. The Balaban J connectivity index is 1.82. The standard InChI is InChI=1S/C14H10ClN3S/c15-13-14(18-19-17-13)16-12-8-6-11(7-9-12)10-4-2-1-3-5-10/h1-9H,(H,16,18). The van der Waals surface area contributed by atoms with E-state index in [0.29, 0.717) is 11.0 Å². The number of aromatic nitrogens is 2. The molecule has 3 aromatic rings. The highest BCUT2D eigenvalue weighted by molar-refractivity contribution is 6.99. The summed E-state index contributed by atoms with van der Waals surface area (Å²) in [6, 6.07) is 18.4. The van der Waals surface area contributed by atoms with Crippen LogP contribution >= 0.6 is 23.3 Å². The Labute approximate surface area is 120 Å². The summed E-state index contributed by atoms with van der Waals surface area (Å²) >= 11 is 6.98.